The van der Waals surface area contributed by atoms with Gasteiger partial charge in [-0.15, -0.1) is 0 Å². The molecule has 2 aromatic carbocycles. The van der Waals surface area contributed by atoms with Gasteiger partial charge in [0.25, 0.3) is 11.6 Å². The average Bonchev–Trinajstić information content (AvgIpc) is 3.05. The molecular weight excluding hydrogens is 320 g/mol. The third-order valence-corrected chi connectivity index (χ3v) is 4.64. The number of hydrogen-bond donors (Lipinski definition) is 1. The van der Waals surface area contributed by atoms with E-state index in [0.717, 1.165) is 55.4 Å². The van der Waals surface area contributed by atoms with Gasteiger partial charge >= 0.3 is 0 Å². The number of oxazole rings is 1. The second-order valence-electron chi connectivity index (χ2n) is 6.26. The number of non-ortho nitro benzene ring substituents is 1. The Morgan fingerprint density at radius 3 is 2.52 bits per heavy atom. The molecule has 0 amide bonds. The predicted molar refractivity (Wildman–Crippen MR) is 93.7 cm³/mol. The Kier molecular flexibility index (Phi) is 4.07. The number of fused-ring (bicyclic) bond motifs is 1. The molecule has 0 atom stereocenters. The standard InChI is InChI=1S/C18H18N4O3/c23-22(24)15-7-5-14(6-8-15)21-11-9-20(10-12-21)13-18-19-16-3-1-2-4-17(16)25-18/h1-8H,9-13H2/p+1. The first-order valence-electron chi connectivity index (χ1n) is 8.36. The summed E-state index contributed by atoms with van der Waals surface area (Å²) in [5.74, 6) is 0.778. The zero-order valence-electron chi connectivity index (χ0n) is 13.7. The van der Waals surface area contributed by atoms with Crippen molar-refractivity contribution in [2.45, 2.75) is 6.54 Å². The first-order valence-corrected chi connectivity index (χ1v) is 8.36. The number of aromatic nitrogens is 1. The highest BCUT2D eigenvalue weighted by atomic mass is 16.6. The summed E-state index contributed by atoms with van der Waals surface area (Å²) in [5.41, 5.74) is 2.90. The number of para-hydroxylation sites is 2. The van der Waals surface area contributed by atoms with Gasteiger partial charge in [-0.3, -0.25) is 10.1 Å². The number of nitrogens with one attached hydrogen (secondary N) is 1. The fourth-order valence-corrected chi connectivity index (χ4v) is 3.25. The van der Waals surface area contributed by atoms with Crippen LogP contribution in [0.5, 0.6) is 0 Å². The molecule has 7 nitrogen and oxygen atoms in total. The fraction of sp³-hybridized carbons (Fsp3) is 0.278. The lowest BCUT2D eigenvalue weighted by Gasteiger charge is -2.33. The first-order chi connectivity index (χ1) is 12.2. The summed E-state index contributed by atoms with van der Waals surface area (Å²) in [4.78, 5) is 18.6. The molecule has 128 valence electrons. The van der Waals surface area contributed by atoms with Crippen molar-refractivity contribution >= 4 is 22.5 Å². The Labute approximate surface area is 144 Å². The lowest BCUT2D eigenvalue weighted by molar-refractivity contribution is -0.915. The highest BCUT2D eigenvalue weighted by Crippen LogP contribution is 2.19. The third-order valence-electron chi connectivity index (χ3n) is 4.64. The molecule has 0 unspecified atom stereocenters. The number of nitro benzene ring substituents is 1. The Morgan fingerprint density at radius 1 is 1.12 bits per heavy atom. The summed E-state index contributed by atoms with van der Waals surface area (Å²) in [5, 5.41) is 10.7. The van der Waals surface area contributed by atoms with Crippen molar-refractivity contribution in [1.29, 1.82) is 0 Å². The largest absolute Gasteiger partial charge is 0.435 e. The second-order valence-corrected chi connectivity index (χ2v) is 6.26. The summed E-state index contributed by atoms with van der Waals surface area (Å²) in [6, 6.07) is 14.6. The maximum atomic E-state index is 10.7. The molecule has 1 aliphatic rings. The SMILES string of the molecule is O=[N+]([O-])c1ccc(N2CC[NH+](Cc3nc4ccccc4o3)CC2)cc1. The number of quaternary nitrogens is 1. The molecule has 1 N–H and O–H groups in total. The highest BCUT2D eigenvalue weighted by molar-refractivity contribution is 5.72. The molecular formula is C18H19N4O3+. The van der Waals surface area contributed by atoms with Gasteiger partial charge in [-0.05, 0) is 24.3 Å². The van der Waals surface area contributed by atoms with E-state index in [2.05, 4.69) is 9.88 Å². The van der Waals surface area contributed by atoms with Crippen molar-refractivity contribution in [2.75, 3.05) is 31.1 Å². The van der Waals surface area contributed by atoms with Crippen LogP contribution in [0.1, 0.15) is 5.89 Å². The van der Waals surface area contributed by atoms with Crippen LogP contribution in [0.25, 0.3) is 11.1 Å². The number of hydrogen-bond acceptors (Lipinski definition) is 5. The normalized spacial score (nSPS) is 15.6. The van der Waals surface area contributed by atoms with Gasteiger partial charge in [0.2, 0.25) is 0 Å². The summed E-state index contributed by atoms with van der Waals surface area (Å²) in [6.07, 6.45) is 0. The quantitative estimate of drug-likeness (QED) is 0.578. The molecule has 0 saturated carbocycles. The van der Waals surface area contributed by atoms with Gasteiger partial charge < -0.3 is 14.2 Å². The maximum Gasteiger partial charge on any atom is 0.269 e. The Balaban J connectivity index is 1.37. The molecule has 25 heavy (non-hydrogen) atoms. The van der Waals surface area contributed by atoms with E-state index in [-0.39, 0.29) is 10.6 Å². The summed E-state index contributed by atoms with van der Waals surface area (Å²) in [7, 11) is 0. The van der Waals surface area contributed by atoms with Crippen LogP contribution in [-0.2, 0) is 6.54 Å². The van der Waals surface area contributed by atoms with E-state index in [4.69, 9.17) is 4.42 Å². The van der Waals surface area contributed by atoms with Crippen LogP contribution in [-0.4, -0.2) is 36.1 Å². The molecule has 0 spiro atoms. The number of nitrogens with zero attached hydrogens (tertiary/aromatic N) is 3. The lowest BCUT2D eigenvalue weighted by Crippen LogP contribution is -3.13. The van der Waals surface area contributed by atoms with E-state index in [9.17, 15) is 10.1 Å². The zero-order chi connectivity index (χ0) is 17.2. The molecule has 0 bridgehead atoms. The Morgan fingerprint density at radius 2 is 1.84 bits per heavy atom. The fourth-order valence-electron chi connectivity index (χ4n) is 3.25. The third kappa shape index (κ3) is 3.32. The van der Waals surface area contributed by atoms with Gasteiger partial charge in [-0.25, -0.2) is 4.98 Å². The number of piperazine rings is 1. The molecule has 4 rings (SSSR count). The highest BCUT2D eigenvalue weighted by Gasteiger charge is 2.22. The van der Waals surface area contributed by atoms with Crippen molar-refractivity contribution in [3.05, 3.63) is 64.5 Å². The van der Waals surface area contributed by atoms with Crippen molar-refractivity contribution < 1.29 is 14.2 Å². The molecule has 1 saturated heterocycles. The molecule has 0 radical (unpaired) electrons. The van der Waals surface area contributed by atoms with E-state index in [0.29, 0.717) is 0 Å². The average molecular weight is 339 g/mol. The molecule has 1 aliphatic heterocycles. The van der Waals surface area contributed by atoms with Crippen LogP contribution < -0.4 is 9.80 Å². The van der Waals surface area contributed by atoms with E-state index in [1.54, 1.807) is 12.1 Å². The molecule has 3 aromatic rings. The smallest absolute Gasteiger partial charge is 0.269 e. The van der Waals surface area contributed by atoms with Crippen LogP contribution in [0.4, 0.5) is 11.4 Å². The summed E-state index contributed by atoms with van der Waals surface area (Å²) < 4.78 is 5.81. The van der Waals surface area contributed by atoms with E-state index in [1.807, 2.05) is 36.4 Å². The molecule has 1 fully saturated rings. The summed E-state index contributed by atoms with van der Waals surface area (Å²) >= 11 is 0. The van der Waals surface area contributed by atoms with Gasteiger partial charge in [0.05, 0.1) is 31.1 Å². The number of benzene rings is 2. The monoisotopic (exact) mass is 339 g/mol. The topological polar surface area (TPSA) is 76.8 Å². The van der Waals surface area contributed by atoms with Crippen molar-refractivity contribution in [1.82, 2.24) is 4.98 Å². The minimum Gasteiger partial charge on any atom is -0.435 e. The van der Waals surface area contributed by atoms with Crippen LogP contribution in [0.3, 0.4) is 0 Å². The minimum absolute atomic E-state index is 0.129. The number of rotatable bonds is 4. The molecule has 2 heterocycles. The maximum absolute atomic E-state index is 10.7. The van der Waals surface area contributed by atoms with Crippen LogP contribution in [0.15, 0.2) is 52.9 Å². The zero-order valence-corrected chi connectivity index (χ0v) is 13.7. The first kappa shape index (κ1) is 15.6. The molecule has 1 aromatic heterocycles. The molecule has 0 aliphatic carbocycles. The van der Waals surface area contributed by atoms with E-state index >= 15 is 0 Å². The van der Waals surface area contributed by atoms with Gasteiger partial charge in [0.15, 0.2) is 12.1 Å². The van der Waals surface area contributed by atoms with Crippen molar-refractivity contribution in [3.63, 3.8) is 0 Å². The van der Waals surface area contributed by atoms with E-state index < -0.39 is 0 Å². The molecule has 7 heteroatoms. The van der Waals surface area contributed by atoms with Crippen molar-refractivity contribution in [2.24, 2.45) is 0 Å². The minimum atomic E-state index is -0.369. The van der Waals surface area contributed by atoms with Crippen LogP contribution in [0, 0.1) is 10.1 Å². The summed E-state index contributed by atoms with van der Waals surface area (Å²) in [6.45, 7) is 4.56. The van der Waals surface area contributed by atoms with Gasteiger partial charge in [-0.1, -0.05) is 12.1 Å². The number of anilines is 1. The van der Waals surface area contributed by atoms with Gasteiger partial charge in [-0.2, -0.15) is 0 Å². The lowest BCUT2D eigenvalue weighted by atomic mass is 10.2. The van der Waals surface area contributed by atoms with Gasteiger partial charge in [0.1, 0.15) is 5.52 Å². The second kappa shape index (κ2) is 6.52. The van der Waals surface area contributed by atoms with Crippen LogP contribution >= 0.6 is 0 Å². The van der Waals surface area contributed by atoms with E-state index in [1.165, 1.54) is 4.90 Å². The predicted octanol–water partition coefficient (Wildman–Crippen LogP) is 1.64. The Bertz CT molecular complexity index is 850. The number of nitro groups is 1. The van der Waals surface area contributed by atoms with Gasteiger partial charge in [0, 0.05) is 17.8 Å². The van der Waals surface area contributed by atoms with Crippen molar-refractivity contribution in [3.8, 4) is 0 Å². The Hall–Kier alpha value is -2.93. The van der Waals surface area contributed by atoms with Crippen LogP contribution in [0.2, 0.25) is 0 Å².